The van der Waals surface area contributed by atoms with Crippen molar-refractivity contribution in [1.29, 1.82) is 0 Å². The fraction of sp³-hybridized carbons (Fsp3) is 0.238. The number of carbonyl (C=O) groups excluding carboxylic acids is 1. The van der Waals surface area contributed by atoms with E-state index in [1.54, 1.807) is 30.6 Å². The number of nitrogens with one attached hydrogen (secondary N) is 4. The fourth-order valence-electron chi connectivity index (χ4n) is 2.59. The van der Waals surface area contributed by atoms with Crippen molar-refractivity contribution in [3.8, 4) is 0 Å². The second kappa shape index (κ2) is 10.1. The molecule has 3 aromatic rings. The first-order valence-electron chi connectivity index (χ1n) is 9.45. The number of nitrogens with zero attached hydrogens (tertiary/aromatic N) is 3. The van der Waals surface area contributed by atoms with Crippen molar-refractivity contribution in [3.05, 3.63) is 77.7 Å². The second-order valence-corrected chi connectivity index (χ2v) is 6.77. The minimum Gasteiger partial charge on any atom is -0.368 e. The minimum absolute atomic E-state index is 0.254. The monoisotopic (exact) mass is 391 g/mol. The van der Waals surface area contributed by atoms with Crippen LogP contribution in [-0.2, 0) is 13.1 Å². The van der Waals surface area contributed by atoms with Crippen molar-refractivity contribution < 1.29 is 4.79 Å². The summed E-state index contributed by atoms with van der Waals surface area (Å²) in [4.78, 5) is 25.0. The number of pyridine rings is 1. The van der Waals surface area contributed by atoms with Gasteiger partial charge in [-0.3, -0.25) is 20.6 Å². The molecule has 29 heavy (non-hydrogen) atoms. The normalized spacial score (nSPS) is 10.6. The first-order valence-corrected chi connectivity index (χ1v) is 9.45. The van der Waals surface area contributed by atoms with Crippen molar-refractivity contribution >= 4 is 17.7 Å². The maximum absolute atomic E-state index is 12.3. The standard InChI is InChI=1S/C21H25N7O/c1-15(2)25-19-10-12-24-21(26-19)28-27-20(29)17-8-6-16(7-9-17)13-22-14-18-5-3-4-11-23-18/h3-12,15,22H,13-14H2,1-2H3,(H,27,29)(H2,24,25,26,28). The Kier molecular flexibility index (Phi) is 7.07. The van der Waals surface area contributed by atoms with Gasteiger partial charge in [0.25, 0.3) is 5.91 Å². The van der Waals surface area contributed by atoms with Gasteiger partial charge >= 0.3 is 0 Å². The molecular formula is C21H25N7O. The van der Waals surface area contributed by atoms with Crippen molar-refractivity contribution in [2.45, 2.75) is 33.0 Å². The number of benzene rings is 1. The zero-order valence-electron chi connectivity index (χ0n) is 16.5. The first-order chi connectivity index (χ1) is 14.1. The minimum atomic E-state index is -0.260. The number of rotatable bonds is 9. The summed E-state index contributed by atoms with van der Waals surface area (Å²) in [5.41, 5.74) is 7.98. The maximum atomic E-state index is 12.3. The van der Waals surface area contributed by atoms with Crippen LogP contribution in [0.3, 0.4) is 0 Å². The van der Waals surface area contributed by atoms with Crippen LogP contribution in [0.15, 0.2) is 60.9 Å². The largest absolute Gasteiger partial charge is 0.368 e. The molecule has 0 radical (unpaired) electrons. The maximum Gasteiger partial charge on any atom is 0.269 e. The predicted octanol–water partition coefficient (Wildman–Crippen LogP) is 2.74. The third-order valence-corrected chi connectivity index (χ3v) is 3.96. The van der Waals surface area contributed by atoms with Crippen LogP contribution in [0.1, 0.15) is 35.5 Å². The summed E-state index contributed by atoms with van der Waals surface area (Å²) in [6, 6.07) is 15.3. The second-order valence-electron chi connectivity index (χ2n) is 6.77. The van der Waals surface area contributed by atoms with Crippen LogP contribution in [-0.4, -0.2) is 26.9 Å². The Morgan fingerprint density at radius 2 is 1.79 bits per heavy atom. The zero-order valence-corrected chi connectivity index (χ0v) is 16.5. The van der Waals surface area contributed by atoms with E-state index in [1.165, 1.54) is 0 Å². The van der Waals surface area contributed by atoms with E-state index in [1.807, 2.05) is 44.2 Å². The van der Waals surface area contributed by atoms with Gasteiger partial charge in [-0.1, -0.05) is 18.2 Å². The van der Waals surface area contributed by atoms with Gasteiger partial charge in [0.05, 0.1) is 5.69 Å². The predicted molar refractivity (Wildman–Crippen MR) is 113 cm³/mol. The molecule has 150 valence electrons. The number of hydrogen-bond donors (Lipinski definition) is 4. The summed E-state index contributed by atoms with van der Waals surface area (Å²) < 4.78 is 0. The van der Waals surface area contributed by atoms with Gasteiger partial charge in [-0.05, 0) is 49.7 Å². The highest BCUT2D eigenvalue weighted by Crippen LogP contribution is 2.08. The van der Waals surface area contributed by atoms with Crippen LogP contribution >= 0.6 is 0 Å². The lowest BCUT2D eigenvalue weighted by molar-refractivity contribution is 0.0962. The van der Waals surface area contributed by atoms with Gasteiger partial charge in [0.1, 0.15) is 5.82 Å². The molecule has 4 N–H and O–H groups in total. The summed E-state index contributed by atoms with van der Waals surface area (Å²) in [6.07, 6.45) is 3.40. The zero-order chi connectivity index (χ0) is 20.5. The Bertz CT molecular complexity index is 914. The Balaban J connectivity index is 1.47. The average Bonchev–Trinajstić information content (AvgIpc) is 2.73. The highest BCUT2D eigenvalue weighted by Gasteiger charge is 2.07. The number of aromatic nitrogens is 3. The van der Waals surface area contributed by atoms with E-state index in [-0.39, 0.29) is 11.9 Å². The molecule has 1 amide bonds. The highest BCUT2D eigenvalue weighted by molar-refractivity contribution is 5.94. The van der Waals surface area contributed by atoms with Crippen molar-refractivity contribution in [3.63, 3.8) is 0 Å². The number of hydrazine groups is 1. The van der Waals surface area contributed by atoms with Crippen LogP contribution in [0.25, 0.3) is 0 Å². The SMILES string of the molecule is CC(C)Nc1ccnc(NNC(=O)c2ccc(CNCc3ccccn3)cc2)n1. The molecule has 8 nitrogen and oxygen atoms in total. The lowest BCUT2D eigenvalue weighted by Gasteiger charge is -2.11. The van der Waals surface area contributed by atoms with Crippen molar-refractivity contribution in [2.24, 2.45) is 0 Å². The van der Waals surface area contributed by atoms with E-state index in [0.717, 1.165) is 11.3 Å². The first kappa shape index (κ1) is 20.2. The fourth-order valence-corrected chi connectivity index (χ4v) is 2.59. The Morgan fingerprint density at radius 1 is 0.966 bits per heavy atom. The smallest absolute Gasteiger partial charge is 0.269 e. The quantitative estimate of drug-likeness (QED) is 0.416. The molecule has 0 atom stereocenters. The number of hydrogen-bond acceptors (Lipinski definition) is 7. The number of anilines is 2. The van der Waals surface area contributed by atoms with E-state index in [2.05, 4.69) is 36.4 Å². The van der Waals surface area contributed by atoms with Crippen LogP contribution in [0.5, 0.6) is 0 Å². The lowest BCUT2D eigenvalue weighted by atomic mass is 10.1. The molecule has 2 aromatic heterocycles. The van der Waals surface area contributed by atoms with Crippen molar-refractivity contribution in [1.82, 2.24) is 25.7 Å². The Hall–Kier alpha value is -3.52. The van der Waals surface area contributed by atoms with Gasteiger partial charge in [0, 0.05) is 37.1 Å². The molecule has 1 aromatic carbocycles. The molecule has 0 fully saturated rings. The number of carbonyl (C=O) groups is 1. The van der Waals surface area contributed by atoms with Crippen molar-refractivity contribution in [2.75, 3.05) is 10.7 Å². The van der Waals surface area contributed by atoms with Gasteiger partial charge in [0.2, 0.25) is 5.95 Å². The van der Waals surface area contributed by atoms with E-state index in [4.69, 9.17) is 0 Å². The van der Waals surface area contributed by atoms with Gasteiger partial charge in [-0.15, -0.1) is 0 Å². The number of amides is 1. The molecule has 8 heteroatoms. The van der Waals surface area contributed by atoms with Gasteiger partial charge < -0.3 is 10.6 Å². The van der Waals surface area contributed by atoms with E-state index in [9.17, 15) is 4.79 Å². The Morgan fingerprint density at radius 3 is 2.52 bits per heavy atom. The average molecular weight is 391 g/mol. The van der Waals surface area contributed by atoms with Gasteiger partial charge in [0.15, 0.2) is 0 Å². The third-order valence-electron chi connectivity index (χ3n) is 3.96. The van der Waals surface area contributed by atoms with Crippen LogP contribution in [0.2, 0.25) is 0 Å². The van der Waals surface area contributed by atoms with Crippen LogP contribution in [0, 0.1) is 0 Å². The molecule has 0 aliphatic rings. The molecule has 0 saturated carbocycles. The lowest BCUT2D eigenvalue weighted by Crippen LogP contribution is -2.30. The summed E-state index contributed by atoms with van der Waals surface area (Å²) in [5, 5.41) is 6.52. The van der Waals surface area contributed by atoms with E-state index < -0.39 is 0 Å². The molecule has 0 bridgehead atoms. The molecule has 3 rings (SSSR count). The molecule has 0 saturated heterocycles. The van der Waals surface area contributed by atoms with E-state index in [0.29, 0.717) is 30.4 Å². The molecule has 0 spiro atoms. The van der Waals surface area contributed by atoms with Gasteiger partial charge in [-0.2, -0.15) is 4.98 Å². The Labute approximate surface area is 170 Å². The summed E-state index contributed by atoms with van der Waals surface area (Å²) in [7, 11) is 0. The molecule has 0 unspecified atom stereocenters. The summed E-state index contributed by atoms with van der Waals surface area (Å²) in [5.74, 6) is 0.748. The summed E-state index contributed by atoms with van der Waals surface area (Å²) in [6.45, 7) is 5.43. The molecular weight excluding hydrogens is 366 g/mol. The van der Waals surface area contributed by atoms with Crippen LogP contribution in [0.4, 0.5) is 11.8 Å². The molecule has 0 aliphatic carbocycles. The van der Waals surface area contributed by atoms with Gasteiger partial charge in [-0.25, -0.2) is 4.98 Å². The van der Waals surface area contributed by atoms with Crippen LogP contribution < -0.4 is 21.5 Å². The topological polar surface area (TPSA) is 104 Å². The summed E-state index contributed by atoms with van der Waals surface area (Å²) >= 11 is 0. The highest BCUT2D eigenvalue weighted by atomic mass is 16.2. The third kappa shape index (κ3) is 6.54. The van der Waals surface area contributed by atoms with E-state index >= 15 is 0 Å². The molecule has 0 aliphatic heterocycles. The molecule has 2 heterocycles.